The molecule has 0 saturated heterocycles. The molecule has 0 amide bonds. The molecule has 0 heterocycles. The lowest BCUT2D eigenvalue weighted by molar-refractivity contribution is -0.384. The average molecular weight is 368 g/mol. The molecular weight excluding hydrogens is 348 g/mol. The van der Waals surface area contributed by atoms with E-state index >= 15 is 0 Å². The Hall–Kier alpha value is -3.55. The molecule has 0 aliphatic carbocycles. The number of azo groups is 1. The van der Waals surface area contributed by atoms with Crippen molar-refractivity contribution in [1.82, 2.24) is 0 Å². The Kier molecular flexibility index (Phi) is 6.76. The summed E-state index contributed by atoms with van der Waals surface area (Å²) in [6.45, 7) is 8.30. The predicted octanol–water partition coefficient (Wildman–Crippen LogP) is 4.91. The summed E-state index contributed by atoms with van der Waals surface area (Å²) in [6, 6.07) is 12.9. The second-order valence-corrected chi connectivity index (χ2v) is 5.40. The van der Waals surface area contributed by atoms with Gasteiger partial charge in [-0.3, -0.25) is 10.1 Å². The molecule has 0 spiro atoms. The summed E-state index contributed by atoms with van der Waals surface area (Å²) in [5, 5.41) is 18.8. The van der Waals surface area contributed by atoms with Gasteiger partial charge in [-0.2, -0.15) is 10.2 Å². The van der Waals surface area contributed by atoms with Crippen molar-refractivity contribution in [3.05, 3.63) is 70.9 Å². The van der Waals surface area contributed by atoms with E-state index in [-0.39, 0.29) is 18.0 Å². The topological polar surface area (TPSA) is 97.4 Å². The summed E-state index contributed by atoms with van der Waals surface area (Å²) in [5.41, 5.74) is 2.16. The Morgan fingerprint density at radius 1 is 1.07 bits per heavy atom. The van der Waals surface area contributed by atoms with Gasteiger partial charge in [0.05, 0.1) is 22.9 Å². The van der Waals surface area contributed by atoms with Crippen LogP contribution in [-0.2, 0) is 9.53 Å². The van der Waals surface area contributed by atoms with E-state index in [9.17, 15) is 14.9 Å². The second kappa shape index (κ2) is 9.23. The maximum Gasteiger partial charge on any atom is 0.354 e. The zero-order valence-electron chi connectivity index (χ0n) is 15.2. The van der Waals surface area contributed by atoms with E-state index in [4.69, 9.17) is 4.74 Å². The van der Waals surface area contributed by atoms with Gasteiger partial charge >= 0.3 is 5.97 Å². The molecule has 0 saturated carbocycles. The number of anilines is 1. The normalized spacial score (nSPS) is 10.6. The molecule has 0 unspecified atom stereocenters. The summed E-state index contributed by atoms with van der Waals surface area (Å²) in [7, 11) is 0. The minimum absolute atomic E-state index is 0.000195. The smallest absolute Gasteiger partial charge is 0.354 e. The average Bonchev–Trinajstić information content (AvgIpc) is 2.68. The van der Waals surface area contributed by atoms with Crippen molar-refractivity contribution < 1.29 is 14.5 Å². The van der Waals surface area contributed by atoms with E-state index in [0.29, 0.717) is 17.9 Å². The van der Waals surface area contributed by atoms with Crippen LogP contribution in [0.25, 0.3) is 0 Å². The van der Waals surface area contributed by atoms with E-state index in [0.717, 1.165) is 5.69 Å². The molecule has 0 atom stereocenters. The summed E-state index contributed by atoms with van der Waals surface area (Å²) in [5.74, 6) is -0.457. The van der Waals surface area contributed by atoms with Crippen molar-refractivity contribution in [3.8, 4) is 0 Å². The number of nitro benzene ring substituents is 1. The monoisotopic (exact) mass is 368 g/mol. The molecule has 140 valence electrons. The minimum Gasteiger partial charge on any atom is -0.461 e. The molecule has 8 heteroatoms. The number of benzene rings is 2. The number of nitrogens with zero attached hydrogens (tertiary/aromatic N) is 4. The first-order valence-corrected chi connectivity index (χ1v) is 8.36. The van der Waals surface area contributed by atoms with Crippen LogP contribution >= 0.6 is 0 Å². The highest BCUT2D eigenvalue weighted by Crippen LogP contribution is 2.25. The van der Waals surface area contributed by atoms with Gasteiger partial charge in [0.1, 0.15) is 5.70 Å². The van der Waals surface area contributed by atoms with Gasteiger partial charge in [-0.1, -0.05) is 6.58 Å². The maximum atomic E-state index is 11.9. The van der Waals surface area contributed by atoms with Crippen LogP contribution in [0.5, 0.6) is 0 Å². The highest BCUT2D eigenvalue weighted by atomic mass is 16.6. The van der Waals surface area contributed by atoms with Gasteiger partial charge in [0.2, 0.25) is 0 Å². The summed E-state index contributed by atoms with van der Waals surface area (Å²) in [6.07, 6.45) is 0. The third-order valence-electron chi connectivity index (χ3n) is 3.66. The minimum atomic E-state index is -0.469. The van der Waals surface area contributed by atoms with Gasteiger partial charge in [-0.15, -0.1) is 0 Å². The van der Waals surface area contributed by atoms with Crippen LogP contribution in [0.4, 0.5) is 22.7 Å². The third kappa shape index (κ3) is 5.21. The number of ether oxygens (including phenoxy) is 1. The number of hydrogen-bond acceptors (Lipinski definition) is 7. The van der Waals surface area contributed by atoms with Crippen molar-refractivity contribution in [2.24, 2.45) is 10.2 Å². The first kappa shape index (κ1) is 19.8. The number of hydrogen-bond donors (Lipinski definition) is 0. The van der Waals surface area contributed by atoms with E-state index in [2.05, 4.69) is 16.8 Å². The van der Waals surface area contributed by atoms with Gasteiger partial charge in [0.15, 0.2) is 0 Å². The lowest BCUT2D eigenvalue weighted by atomic mass is 10.2. The van der Waals surface area contributed by atoms with Crippen molar-refractivity contribution >= 4 is 28.7 Å². The number of likely N-dealkylation sites (N-methyl/N-ethyl adjacent to an activating group) is 1. The van der Waals surface area contributed by atoms with Crippen molar-refractivity contribution in [3.63, 3.8) is 0 Å². The van der Waals surface area contributed by atoms with Crippen LogP contribution < -0.4 is 4.90 Å². The maximum absolute atomic E-state index is 11.9. The van der Waals surface area contributed by atoms with Crippen LogP contribution in [0.15, 0.2) is 71.0 Å². The van der Waals surface area contributed by atoms with Crippen LogP contribution in [0, 0.1) is 10.1 Å². The van der Waals surface area contributed by atoms with Gasteiger partial charge in [0, 0.05) is 24.4 Å². The number of carbonyl (C=O) groups excluding carboxylic acids is 1. The number of carbonyl (C=O) groups is 1. The second-order valence-electron chi connectivity index (χ2n) is 5.40. The molecule has 0 N–H and O–H groups in total. The predicted molar refractivity (Wildman–Crippen MR) is 103 cm³/mol. The molecular formula is C19H20N4O4. The zero-order valence-corrected chi connectivity index (χ0v) is 15.2. The number of non-ortho nitro benzene ring substituents is 1. The summed E-state index contributed by atoms with van der Waals surface area (Å²) < 4.78 is 4.99. The number of rotatable bonds is 8. The first-order valence-electron chi connectivity index (χ1n) is 8.36. The lowest BCUT2D eigenvalue weighted by Crippen LogP contribution is -2.27. The molecule has 0 aliphatic rings. The molecule has 27 heavy (non-hydrogen) atoms. The summed E-state index contributed by atoms with van der Waals surface area (Å²) >= 11 is 0. The Morgan fingerprint density at radius 3 is 2.04 bits per heavy atom. The van der Waals surface area contributed by atoms with Crippen molar-refractivity contribution in [2.45, 2.75) is 13.8 Å². The zero-order chi connectivity index (χ0) is 19.8. The van der Waals surface area contributed by atoms with Crippen molar-refractivity contribution in [1.29, 1.82) is 0 Å². The number of esters is 1. The third-order valence-corrected chi connectivity index (χ3v) is 3.66. The highest BCUT2D eigenvalue weighted by Gasteiger charge is 2.16. The summed E-state index contributed by atoms with van der Waals surface area (Å²) in [4.78, 5) is 23.8. The fraction of sp³-hybridized carbons (Fsp3) is 0.211. The van der Waals surface area contributed by atoms with Crippen LogP contribution in [0.1, 0.15) is 13.8 Å². The van der Waals surface area contributed by atoms with Gasteiger partial charge in [-0.25, -0.2) is 4.79 Å². The Balaban J connectivity index is 2.10. The van der Waals surface area contributed by atoms with Gasteiger partial charge in [-0.05, 0) is 50.2 Å². The largest absolute Gasteiger partial charge is 0.461 e. The van der Waals surface area contributed by atoms with Gasteiger partial charge < -0.3 is 9.64 Å². The number of nitro groups is 1. The van der Waals surface area contributed by atoms with Crippen LogP contribution in [0.2, 0.25) is 0 Å². The first-order chi connectivity index (χ1) is 13.0. The Bertz CT molecular complexity index is 845. The molecule has 0 aliphatic heterocycles. The quantitative estimate of drug-likeness (QED) is 0.217. The molecule has 2 rings (SSSR count). The van der Waals surface area contributed by atoms with Crippen LogP contribution in [-0.4, -0.2) is 24.0 Å². The standard InChI is InChI=1S/C19H20N4O4/c1-4-22(14(3)19(24)27-5-2)17-10-6-15(7-11-17)20-21-16-8-12-18(13-9-16)23(25)26/h6-13H,3-5H2,1-2H3. The molecule has 0 radical (unpaired) electrons. The molecule has 8 nitrogen and oxygen atoms in total. The molecule has 0 aromatic heterocycles. The van der Waals surface area contributed by atoms with Crippen molar-refractivity contribution in [2.75, 3.05) is 18.1 Å². The van der Waals surface area contributed by atoms with E-state index in [1.807, 2.05) is 6.92 Å². The van der Waals surface area contributed by atoms with Gasteiger partial charge in [0.25, 0.3) is 5.69 Å². The fourth-order valence-corrected chi connectivity index (χ4v) is 2.31. The van der Waals surface area contributed by atoms with E-state index in [1.54, 1.807) is 36.1 Å². The SMILES string of the molecule is C=C(C(=O)OCC)N(CC)c1ccc(N=Nc2ccc([N+](=O)[O-])cc2)cc1. The lowest BCUT2D eigenvalue weighted by Gasteiger charge is -2.23. The Labute approximate surface area is 156 Å². The molecule has 2 aromatic carbocycles. The van der Waals surface area contributed by atoms with Crippen LogP contribution in [0.3, 0.4) is 0 Å². The Morgan fingerprint density at radius 2 is 1.59 bits per heavy atom. The molecule has 0 bridgehead atoms. The van der Waals surface area contributed by atoms with E-state index < -0.39 is 10.9 Å². The molecule has 0 fully saturated rings. The highest BCUT2D eigenvalue weighted by molar-refractivity contribution is 5.92. The van der Waals surface area contributed by atoms with E-state index in [1.165, 1.54) is 24.3 Å². The fourth-order valence-electron chi connectivity index (χ4n) is 2.31. The molecule has 2 aromatic rings.